The Bertz CT molecular complexity index is 819. The van der Waals surface area contributed by atoms with Crippen LogP contribution in [0, 0.1) is 0 Å². The molecule has 0 spiro atoms. The molecule has 2 heterocycles. The molecule has 0 bridgehead atoms. The van der Waals surface area contributed by atoms with Gasteiger partial charge in [0.25, 0.3) is 0 Å². The molecular weight excluding hydrogens is 673 g/mol. The number of unbranched alkanes of at least 4 members (excludes halogenated alkanes) is 6. The van der Waals surface area contributed by atoms with E-state index in [-0.39, 0.29) is 5.48 Å². The Kier molecular flexibility index (Phi) is 21.3. The van der Waals surface area contributed by atoms with Crippen molar-refractivity contribution < 1.29 is 40.1 Å². The van der Waals surface area contributed by atoms with Gasteiger partial charge in [-0.2, -0.15) is 0 Å². The van der Waals surface area contributed by atoms with Crippen molar-refractivity contribution in [1.82, 2.24) is 9.13 Å². The van der Waals surface area contributed by atoms with E-state index in [1.165, 1.54) is 38.5 Å². The van der Waals surface area contributed by atoms with Gasteiger partial charge in [-0.15, -0.1) is 0 Å². The van der Waals surface area contributed by atoms with Gasteiger partial charge in [0, 0.05) is 12.7 Å². The SMILES string of the molecule is CCCCCCCC[n+]1ccn(CCCCn2cc[n+](CCC[Si](O)(O)OCC)c2)c1.O.[Cl][Pd-2]([Cl])([Cl])[Cl]. The van der Waals surface area contributed by atoms with Crippen LogP contribution in [0.15, 0.2) is 37.4 Å². The molecule has 0 atom stereocenters. The van der Waals surface area contributed by atoms with E-state index >= 15 is 0 Å². The Balaban J connectivity index is 0.00000196. The van der Waals surface area contributed by atoms with Crippen molar-refractivity contribution in [2.45, 2.75) is 104 Å². The first-order valence-electron chi connectivity index (χ1n) is 12.7. The third-order valence-electron chi connectivity index (χ3n) is 5.64. The first-order chi connectivity index (χ1) is 17.0. The van der Waals surface area contributed by atoms with Gasteiger partial charge >= 0.3 is 58.4 Å². The van der Waals surface area contributed by atoms with E-state index in [0.29, 0.717) is 19.1 Å². The van der Waals surface area contributed by atoms with Gasteiger partial charge in [0.15, 0.2) is 0 Å². The number of nitrogens with zero attached hydrogens (tertiary/aromatic N) is 4. The van der Waals surface area contributed by atoms with Crippen LogP contribution in [0.4, 0.5) is 0 Å². The van der Waals surface area contributed by atoms with Crippen LogP contribution in [0.2, 0.25) is 6.04 Å². The van der Waals surface area contributed by atoms with Crippen molar-refractivity contribution in [2.75, 3.05) is 6.61 Å². The fraction of sp³-hybridized carbons (Fsp3) is 0.739. The molecule has 2 rings (SSSR count). The molecule has 37 heavy (non-hydrogen) atoms. The molecule has 2 aromatic heterocycles. The molecule has 0 amide bonds. The zero-order chi connectivity index (χ0) is 26.9. The molecule has 0 aliphatic rings. The second-order valence-electron chi connectivity index (χ2n) is 8.80. The van der Waals surface area contributed by atoms with Crippen molar-refractivity contribution >= 4 is 46.9 Å². The first-order valence-corrected chi connectivity index (χ1v) is 22.7. The molecule has 0 fully saturated rings. The minimum atomic E-state index is -3.45. The van der Waals surface area contributed by atoms with Crippen LogP contribution < -0.4 is 9.13 Å². The van der Waals surface area contributed by atoms with Crippen LogP contribution in [0.25, 0.3) is 0 Å². The number of rotatable bonds is 18. The Morgan fingerprint density at radius 2 is 1.22 bits per heavy atom. The average Bonchev–Trinajstić information content (AvgIpc) is 3.42. The zero-order valence-electron chi connectivity index (χ0n) is 22.0. The number of aryl methyl sites for hydroxylation is 4. The molecule has 0 saturated carbocycles. The number of hydrogen-bond acceptors (Lipinski definition) is 3. The van der Waals surface area contributed by atoms with E-state index < -0.39 is 20.3 Å². The summed E-state index contributed by atoms with van der Waals surface area (Å²) >= 11 is -2.81. The van der Waals surface area contributed by atoms with E-state index in [1.54, 1.807) is 6.92 Å². The Hall–Kier alpha value is 0.299. The van der Waals surface area contributed by atoms with Gasteiger partial charge < -0.3 is 19.5 Å². The number of hydrogen-bond donors (Lipinski definition) is 2. The van der Waals surface area contributed by atoms with Crippen LogP contribution in [0.3, 0.4) is 0 Å². The second kappa shape index (κ2) is 21.1. The monoisotopic (exact) mass is 716 g/mol. The van der Waals surface area contributed by atoms with Crippen molar-refractivity contribution in [3.63, 3.8) is 0 Å². The van der Waals surface area contributed by atoms with Crippen LogP contribution in [-0.4, -0.2) is 39.6 Å². The summed E-state index contributed by atoms with van der Waals surface area (Å²) in [4.78, 5) is 19.5. The summed E-state index contributed by atoms with van der Waals surface area (Å²) in [5, 5.41) is 0. The Morgan fingerprint density at radius 1 is 0.757 bits per heavy atom. The third-order valence-corrected chi connectivity index (χ3v) is 7.40. The van der Waals surface area contributed by atoms with Gasteiger partial charge in [-0.25, -0.2) is 18.3 Å². The molecule has 14 heteroatoms. The normalized spacial score (nSPS) is 12.1. The van der Waals surface area contributed by atoms with Crippen molar-refractivity contribution in [3.8, 4) is 0 Å². The third kappa shape index (κ3) is 21.8. The summed E-state index contributed by atoms with van der Waals surface area (Å²) in [6.07, 6.45) is 23.9. The van der Waals surface area contributed by atoms with Gasteiger partial charge in [0.1, 0.15) is 24.8 Å². The standard InChI is InChI=1S/C23H44N4O3Si.4ClH.H2O.Pd/c1-3-5-6-7-8-9-13-24-17-18-25(22-24)14-10-11-15-26-19-20-27(23-26)16-12-21-31(28,29)30-4-2;;;;;;/h17-20,22-23,28-29H,3-16,21H2,1-2H3;4*1H;1H2;/q+2;;;;;;+2/p-4. The summed E-state index contributed by atoms with van der Waals surface area (Å²) in [5.41, 5.74) is 0. The zero-order valence-corrected chi connectivity index (χ0v) is 27.6. The van der Waals surface area contributed by atoms with Gasteiger partial charge in [0.2, 0.25) is 12.7 Å². The Morgan fingerprint density at radius 3 is 1.70 bits per heavy atom. The van der Waals surface area contributed by atoms with Crippen molar-refractivity contribution in [2.24, 2.45) is 0 Å². The molecule has 0 saturated heterocycles. The molecule has 2 aromatic rings. The molecule has 224 valence electrons. The van der Waals surface area contributed by atoms with Crippen LogP contribution in [0.1, 0.15) is 71.6 Å². The predicted octanol–water partition coefficient (Wildman–Crippen LogP) is 4.99. The molecule has 0 aliphatic heterocycles. The fourth-order valence-corrected chi connectivity index (χ4v) is 5.09. The second-order valence-corrected chi connectivity index (χ2v) is 25.2. The summed E-state index contributed by atoms with van der Waals surface area (Å²) in [6.45, 7) is 8.37. The number of halogens is 4. The maximum absolute atomic E-state index is 9.77. The number of aromatic nitrogens is 4. The molecule has 0 unspecified atom stereocenters. The van der Waals surface area contributed by atoms with E-state index in [4.69, 9.17) is 42.5 Å². The summed E-state index contributed by atoms with van der Waals surface area (Å²) < 4.78 is 14.0. The quantitative estimate of drug-likeness (QED) is 0.129. The van der Waals surface area contributed by atoms with Gasteiger partial charge in [0.05, 0.1) is 26.2 Å². The molecule has 8 nitrogen and oxygen atoms in total. The van der Waals surface area contributed by atoms with E-state index in [9.17, 15) is 9.59 Å². The maximum atomic E-state index is 9.77. The molecule has 0 radical (unpaired) electrons. The molecular formula is C23H46Cl4N4O4PdSi. The average molecular weight is 719 g/mol. The molecule has 0 aliphatic carbocycles. The van der Waals surface area contributed by atoms with E-state index in [2.05, 4.69) is 62.6 Å². The van der Waals surface area contributed by atoms with Gasteiger partial charge in [-0.05, 0) is 39.0 Å². The first kappa shape index (κ1) is 37.3. The van der Waals surface area contributed by atoms with E-state index in [0.717, 1.165) is 39.0 Å². The van der Waals surface area contributed by atoms with Gasteiger partial charge in [-0.3, -0.25) is 0 Å². The van der Waals surface area contributed by atoms with Gasteiger partial charge in [-0.1, -0.05) is 32.6 Å². The van der Waals surface area contributed by atoms with Crippen molar-refractivity contribution in [3.05, 3.63) is 37.4 Å². The fourth-order valence-electron chi connectivity index (χ4n) is 3.87. The van der Waals surface area contributed by atoms with Crippen LogP contribution in [0.5, 0.6) is 0 Å². The molecule has 4 N–H and O–H groups in total. The topological polar surface area (TPSA) is 98.8 Å². The Labute approximate surface area is 242 Å². The minimum absolute atomic E-state index is 0. The van der Waals surface area contributed by atoms with Crippen molar-refractivity contribution in [1.29, 1.82) is 0 Å². The predicted molar refractivity (Wildman–Crippen MR) is 150 cm³/mol. The molecule has 0 aromatic carbocycles. The summed E-state index contributed by atoms with van der Waals surface area (Å²) in [5.74, 6) is 0. The van der Waals surface area contributed by atoms with Crippen LogP contribution in [-0.2, 0) is 42.1 Å². The van der Waals surface area contributed by atoms with Crippen LogP contribution >= 0.6 is 38.1 Å². The summed E-state index contributed by atoms with van der Waals surface area (Å²) in [7, 11) is 16.5. The number of imidazole rings is 2. The van der Waals surface area contributed by atoms with E-state index in [1.807, 2.05) is 0 Å². The summed E-state index contributed by atoms with van der Waals surface area (Å²) in [6, 6.07) is 0.342.